The molecule has 11 heteroatoms. The van der Waals surface area contributed by atoms with E-state index in [-0.39, 0.29) is 33.8 Å². The molecule has 2 aromatic heterocycles. The first-order chi connectivity index (χ1) is 15.0. The Hall–Kier alpha value is -4.25. The van der Waals surface area contributed by atoms with Crippen molar-refractivity contribution in [2.24, 2.45) is 10.1 Å². The Balaban J connectivity index is 1.47. The average Bonchev–Trinajstić information content (AvgIpc) is 3.51. The number of amidine groups is 2. The minimum Gasteiger partial charge on any atom is -0.462 e. The van der Waals surface area contributed by atoms with Crippen molar-refractivity contribution in [3.05, 3.63) is 82.0 Å². The lowest BCUT2D eigenvalue weighted by molar-refractivity contribution is -0.384. The lowest BCUT2D eigenvalue weighted by atomic mass is 10.1. The van der Waals surface area contributed by atoms with Crippen LogP contribution in [0.5, 0.6) is 0 Å². The monoisotopic (exact) mass is 433 g/mol. The Morgan fingerprint density at radius 3 is 2.74 bits per heavy atom. The molecular weight excluding hydrogens is 422 g/mol. The second-order valence-corrected chi connectivity index (χ2v) is 7.33. The van der Waals surface area contributed by atoms with Gasteiger partial charge in [0, 0.05) is 6.07 Å². The standard InChI is InChI=1S/C20H11N5O5S/c21-17-13(18(26)22-20-24(17)23-19(31-20)16-6-3-9-29-16)10-11-7-8-15(30-11)12-4-1-2-5-14(12)25(27)28/h1-10,21H/b13-10-,21-17?. The zero-order chi connectivity index (χ0) is 21.5. The van der Waals surface area contributed by atoms with E-state index in [9.17, 15) is 14.9 Å². The molecule has 152 valence electrons. The summed E-state index contributed by atoms with van der Waals surface area (Å²) in [5.74, 6) is 0.263. The van der Waals surface area contributed by atoms with Gasteiger partial charge in [-0.3, -0.25) is 20.3 Å². The lowest BCUT2D eigenvalue weighted by Gasteiger charge is -2.19. The summed E-state index contributed by atoms with van der Waals surface area (Å²) >= 11 is 1.13. The van der Waals surface area contributed by atoms with Gasteiger partial charge in [0.1, 0.15) is 11.5 Å². The first-order valence-electron chi connectivity index (χ1n) is 8.89. The molecule has 0 atom stereocenters. The molecule has 3 aromatic rings. The number of hydrazone groups is 1. The van der Waals surface area contributed by atoms with Crippen LogP contribution in [0.3, 0.4) is 0 Å². The summed E-state index contributed by atoms with van der Waals surface area (Å²) in [7, 11) is 0. The summed E-state index contributed by atoms with van der Waals surface area (Å²) in [6.07, 6.45) is 2.87. The fraction of sp³-hybridized carbons (Fsp3) is 0. The number of carbonyl (C=O) groups is 1. The molecule has 0 spiro atoms. The molecule has 1 amide bonds. The number of para-hydroxylation sites is 1. The Labute approximate surface area is 178 Å². The van der Waals surface area contributed by atoms with E-state index in [4.69, 9.17) is 14.2 Å². The number of amides is 1. The minimum atomic E-state index is -0.608. The number of rotatable bonds is 4. The molecule has 0 fully saturated rings. The summed E-state index contributed by atoms with van der Waals surface area (Å²) in [5, 5.41) is 26.0. The quantitative estimate of drug-likeness (QED) is 0.371. The van der Waals surface area contributed by atoms with Crippen molar-refractivity contribution in [3.8, 4) is 11.3 Å². The number of hydrogen-bond acceptors (Lipinski definition) is 8. The number of furan rings is 2. The molecule has 0 bridgehead atoms. The smallest absolute Gasteiger partial charge is 0.283 e. The van der Waals surface area contributed by atoms with Gasteiger partial charge in [0.2, 0.25) is 5.17 Å². The zero-order valence-corrected chi connectivity index (χ0v) is 16.3. The highest BCUT2D eigenvalue weighted by Crippen LogP contribution is 2.33. The van der Waals surface area contributed by atoms with Crippen LogP contribution in [-0.2, 0) is 4.79 Å². The highest BCUT2D eigenvalue weighted by molar-refractivity contribution is 8.27. The Morgan fingerprint density at radius 1 is 1.13 bits per heavy atom. The summed E-state index contributed by atoms with van der Waals surface area (Å²) in [6.45, 7) is 0. The number of nitro benzene ring substituents is 1. The number of carbonyl (C=O) groups excluding carboxylic acids is 1. The maximum Gasteiger partial charge on any atom is 0.283 e. The number of thioether (sulfide) groups is 1. The highest BCUT2D eigenvalue weighted by atomic mass is 32.2. The van der Waals surface area contributed by atoms with Gasteiger partial charge in [0.05, 0.1) is 22.3 Å². The maximum atomic E-state index is 12.5. The molecule has 1 aromatic carbocycles. The normalized spacial score (nSPS) is 17.0. The van der Waals surface area contributed by atoms with E-state index in [1.54, 1.807) is 42.5 Å². The van der Waals surface area contributed by atoms with E-state index in [0.29, 0.717) is 16.4 Å². The SMILES string of the molecule is N=C1/C(=C/c2ccc(-c3ccccc3[N+](=O)[O-])o2)C(=O)N=C2SC(c3ccco3)=NN12. The van der Waals surface area contributed by atoms with Gasteiger partial charge in [-0.15, -0.1) is 0 Å². The van der Waals surface area contributed by atoms with E-state index in [1.807, 2.05) is 0 Å². The number of nitrogens with zero attached hydrogens (tertiary/aromatic N) is 4. The molecule has 5 rings (SSSR count). The van der Waals surface area contributed by atoms with E-state index < -0.39 is 10.8 Å². The number of fused-ring (bicyclic) bond motifs is 1. The largest absolute Gasteiger partial charge is 0.462 e. The van der Waals surface area contributed by atoms with Crippen molar-refractivity contribution < 1.29 is 18.6 Å². The van der Waals surface area contributed by atoms with Gasteiger partial charge in [-0.1, -0.05) is 12.1 Å². The van der Waals surface area contributed by atoms with Crippen molar-refractivity contribution in [2.75, 3.05) is 0 Å². The fourth-order valence-electron chi connectivity index (χ4n) is 3.05. The molecule has 31 heavy (non-hydrogen) atoms. The van der Waals surface area contributed by atoms with Gasteiger partial charge in [-0.2, -0.15) is 15.1 Å². The van der Waals surface area contributed by atoms with Crippen LogP contribution in [0.15, 0.2) is 79.3 Å². The van der Waals surface area contributed by atoms with Gasteiger partial charge in [0.15, 0.2) is 16.6 Å². The molecule has 10 nitrogen and oxygen atoms in total. The summed E-state index contributed by atoms with van der Waals surface area (Å²) in [5.41, 5.74) is 0.198. The number of benzene rings is 1. The third-order valence-corrected chi connectivity index (χ3v) is 5.39. The van der Waals surface area contributed by atoms with Crippen molar-refractivity contribution in [1.29, 1.82) is 5.41 Å². The first kappa shape index (κ1) is 18.8. The van der Waals surface area contributed by atoms with Crippen molar-refractivity contribution in [1.82, 2.24) is 5.01 Å². The fourth-order valence-corrected chi connectivity index (χ4v) is 3.91. The van der Waals surface area contributed by atoms with E-state index in [0.717, 1.165) is 11.8 Å². The van der Waals surface area contributed by atoms with Crippen LogP contribution in [0.2, 0.25) is 0 Å². The van der Waals surface area contributed by atoms with Crippen LogP contribution in [-0.4, -0.2) is 31.9 Å². The summed E-state index contributed by atoms with van der Waals surface area (Å²) < 4.78 is 11.0. The second kappa shape index (κ2) is 7.22. The van der Waals surface area contributed by atoms with Crippen LogP contribution < -0.4 is 0 Å². The minimum absolute atomic E-state index is 0.0164. The highest BCUT2D eigenvalue weighted by Gasteiger charge is 2.37. The molecule has 4 heterocycles. The van der Waals surface area contributed by atoms with Crippen LogP contribution in [0.25, 0.3) is 17.4 Å². The van der Waals surface area contributed by atoms with Crippen LogP contribution in [0, 0.1) is 15.5 Å². The van der Waals surface area contributed by atoms with E-state index >= 15 is 0 Å². The van der Waals surface area contributed by atoms with Gasteiger partial charge >= 0.3 is 0 Å². The molecule has 0 saturated heterocycles. The average molecular weight is 433 g/mol. The van der Waals surface area contributed by atoms with Crippen LogP contribution in [0.4, 0.5) is 5.69 Å². The van der Waals surface area contributed by atoms with Gasteiger partial charge in [0.25, 0.3) is 11.6 Å². The summed E-state index contributed by atoms with van der Waals surface area (Å²) in [6, 6.07) is 12.8. The second-order valence-electron chi connectivity index (χ2n) is 6.38. The van der Waals surface area contributed by atoms with Crippen LogP contribution in [0.1, 0.15) is 11.5 Å². The molecular formula is C20H11N5O5S. The first-order valence-corrected chi connectivity index (χ1v) is 9.70. The topological polar surface area (TPSA) is 138 Å². The molecule has 2 aliphatic heterocycles. The number of aliphatic imine (C=N–C) groups is 1. The number of nitrogens with one attached hydrogen (secondary N) is 1. The predicted molar refractivity (Wildman–Crippen MR) is 114 cm³/mol. The molecule has 1 N–H and O–H groups in total. The molecule has 0 aliphatic carbocycles. The van der Waals surface area contributed by atoms with E-state index in [1.165, 1.54) is 23.4 Å². The third-order valence-electron chi connectivity index (χ3n) is 4.47. The van der Waals surface area contributed by atoms with Gasteiger partial charge in [-0.25, -0.2) is 0 Å². The van der Waals surface area contributed by atoms with Crippen molar-refractivity contribution >= 4 is 45.5 Å². The maximum absolute atomic E-state index is 12.5. The zero-order valence-electron chi connectivity index (χ0n) is 15.5. The molecule has 2 aliphatic rings. The predicted octanol–water partition coefficient (Wildman–Crippen LogP) is 4.12. The molecule has 0 saturated carbocycles. The van der Waals surface area contributed by atoms with Crippen LogP contribution >= 0.6 is 11.8 Å². The number of hydrogen-bond donors (Lipinski definition) is 1. The van der Waals surface area contributed by atoms with Gasteiger partial charge < -0.3 is 8.83 Å². The van der Waals surface area contributed by atoms with E-state index in [2.05, 4.69) is 10.1 Å². The Kier molecular flexibility index (Phi) is 4.37. The van der Waals surface area contributed by atoms with Crippen molar-refractivity contribution in [3.63, 3.8) is 0 Å². The van der Waals surface area contributed by atoms with Crippen molar-refractivity contribution in [2.45, 2.75) is 0 Å². The Morgan fingerprint density at radius 2 is 1.97 bits per heavy atom. The molecule has 0 unspecified atom stereocenters. The Bertz CT molecular complexity index is 1340. The summed E-state index contributed by atoms with van der Waals surface area (Å²) in [4.78, 5) is 27.3. The lowest BCUT2D eigenvalue weighted by Crippen LogP contribution is -2.35. The molecule has 0 radical (unpaired) electrons. The van der Waals surface area contributed by atoms with Gasteiger partial charge in [-0.05, 0) is 48.2 Å². The number of nitro groups is 1. The third kappa shape index (κ3) is 3.26.